The van der Waals surface area contributed by atoms with Crippen molar-refractivity contribution in [2.45, 2.75) is 23.8 Å². The van der Waals surface area contributed by atoms with Crippen LogP contribution in [0.25, 0.3) is 0 Å². The zero-order chi connectivity index (χ0) is 20.6. The highest BCUT2D eigenvalue weighted by Crippen LogP contribution is 2.32. The summed E-state index contributed by atoms with van der Waals surface area (Å²) in [5.74, 6) is 0.0110. The smallest absolute Gasteiger partial charge is 0.264 e. The Morgan fingerprint density at radius 2 is 1.83 bits per heavy atom. The average Bonchev–Trinajstić information content (AvgIpc) is 2.94. The highest BCUT2D eigenvalue weighted by molar-refractivity contribution is 7.89. The van der Waals surface area contributed by atoms with E-state index in [1.54, 1.807) is 23.1 Å². The summed E-state index contributed by atoms with van der Waals surface area (Å²) in [5, 5.41) is 0.594. The van der Waals surface area contributed by atoms with Crippen LogP contribution in [0.2, 0.25) is 5.02 Å². The molecule has 0 unspecified atom stereocenters. The predicted molar refractivity (Wildman–Crippen MR) is 106 cm³/mol. The van der Waals surface area contributed by atoms with Crippen LogP contribution >= 0.6 is 11.6 Å². The molecule has 1 atom stereocenters. The number of hydrogen-bond donors (Lipinski definition) is 0. The van der Waals surface area contributed by atoms with E-state index in [1.807, 2.05) is 0 Å². The Morgan fingerprint density at radius 3 is 2.59 bits per heavy atom. The van der Waals surface area contributed by atoms with E-state index in [2.05, 4.69) is 0 Å². The van der Waals surface area contributed by atoms with Crippen molar-refractivity contribution < 1.29 is 22.3 Å². The van der Waals surface area contributed by atoms with Crippen LogP contribution in [0.15, 0.2) is 47.4 Å². The zero-order valence-corrected chi connectivity index (χ0v) is 17.1. The lowest BCUT2D eigenvalue weighted by molar-refractivity contribution is -0.137. The second-order valence-electron chi connectivity index (χ2n) is 7.10. The molecule has 1 saturated heterocycles. The number of nitrogens with zero attached hydrogens (tertiary/aromatic N) is 2. The first kappa shape index (κ1) is 20.1. The van der Waals surface area contributed by atoms with Crippen molar-refractivity contribution in [3.05, 3.63) is 58.9 Å². The number of benzene rings is 2. The Kier molecular flexibility index (Phi) is 5.50. The van der Waals surface area contributed by atoms with Crippen LogP contribution in [-0.2, 0) is 21.2 Å². The van der Waals surface area contributed by atoms with Gasteiger partial charge in [-0.3, -0.25) is 4.79 Å². The SMILES string of the molecule is O=C([C@@H]1Cc2cc(Cl)ccc2O1)N1CCCN(S(=O)(=O)c2ccc(F)cc2)CC1. The van der Waals surface area contributed by atoms with Gasteiger partial charge in [-0.25, -0.2) is 12.8 Å². The maximum Gasteiger partial charge on any atom is 0.264 e. The minimum absolute atomic E-state index is 0.0464. The molecule has 29 heavy (non-hydrogen) atoms. The standard InChI is InChI=1S/C20H20ClFN2O4S/c21-15-2-7-18-14(12-15)13-19(28-18)20(25)23-8-1-9-24(11-10-23)29(26,27)17-5-3-16(22)4-6-17/h2-7,12,19H,1,8-11,13H2/t19-/m0/s1. The number of amides is 1. The Morgan fingerprint density at radius 1 is 1.07 bits per heavy atom. The molecule has 1 fully saturated rings. The van der Waals surface area contributed by atoms with E-state index in [9.17, 15) is 17.6 Å². The van der Waals surface area contributed by atoms with Gasteiger partial charge >= 0.3 is 0 Å². The number of hydrogen-bond acceptors (Lipinski definition) is 4. The molecule has 0 saturated carbocycles. The van der Waals surface area contributed by atoms with Gasteiger partial charge < -0.3 is 9.64 Å². The molecule has 2 aromatic carbocycles. The minimum atomic E-state index is -3.74. The van der Waals surface area contributed by atoms with Gasteiger partial charge in [0.1, 0.15) is 11.6 Å². The molecular formula is C20H20ClFN2O4S. The Hall–Kier alpha value is -2.16. The van der Waals surface area contributed by atoms with Crippen LogP contribution in [-0.4, -0.2) is 55.8 Å². The van der Waals surface area contributed by atoms with E-state index in [0.717, 1.165) is 17.7 Å². The predicted octanol–water partition coefficient (Wildman–Crippen LogP) is 2.71. The second-order valence-corrected chi connectivity index (χ2v) is 9.47. The fourth-order valence-corrected chi connectivity index (χ4v) is 5.33. The van der Waals surface area contributed by atoms with Crippen molar-refractivity contribution in [3.8, 4) is 5.75 Å². The summed E-state index contributed by atoms with van der Waals surface area (Å²) in [7, 11) is -3.74. The molecule has 9 heteroatoms. The first-order valence-electron chi connectivity index (χ1n) is 9.34. The number of sulfonamides is 1. The lowest BCUT2D eigenvalue weighted by Crippen LogP contribution is -2.43. The highest BCUT2D eigenvalue weighted by Gasteiger charge is 2.34. The first-order valence-corrected chi connectivity index (χ1v) is 11.2. The van der Waals surface area contributed by atoms with Crippen LogP contribution in [0.5, 0.6) is 5.75 Å². The van der Waals surface area contributed by atoms with Gasteiger partial charge in [0.05, 0.1) is 4.90 Å². The van der Waals surface area contributed by atoms with E-state index in [1.165, 1.54) is 16.4 Å². The first-order chi connectivity index (χ1) is 13.8. The largest absolute Gasteiger partial charge is 0.480 e. The third-order valence-electron chi connectivity index (χ3n) is 5.19. The van der Waals surface area contributed by atoms with E-state index in [-0.39, 0.29) is 23.9 Å². The maximum atomic E-state index is 13.1. The summed E-state index contributed by atoms with van der Waals surface area (Å²) >= 11 is 6.00. The third kappa shape index (κ3) is 4.10. The van der Waals surface area contributed by atoms with Crippen molar-refractivity contribution in [2.75, 3.05) is 26.2 Å². The van der Waals surface area contributed by atoms with Gasteiger partial charge in [0, 0.05) is 37.6 Å². The van der Waals surface area contributed by atoms with Gasteiger partial charge in [0.15, 0.2) is 6.10 Å². The molecule has 0 aliphatic carbocycles. The summed E-state index contributed by atoms with van der Waals surface area (Å²) < 4.78 is 45.9. The molecule has 0 radical (unpaired) electrons. The van der Waals surface area contributed by atoms with Crippen molar-refractivity contribution in [2.24, 2.45) is 0 Å². The van der Waals surface area contributed by atoms with Crippen LogP contribution in [0, 0.1) is 5.82 Å². The average molecular weight is 439 g/mol. The molecule has 0 N–H and O–H groups in total. The Balaban J connectivity index is 1.42. The molecule has 4 rings (SSSR count). The molecule has 154 valence electrons. The van der Waals surface area contributed by atoms with E-state index in [4.69, 9.17) is 16.3 Å². The van der Waals surface area contributed by atoms with Crippen LogP contribution < -0.4 is 4.74 Å². The third-order valence-corrected chi connectivity index (χ3v) is 7.34. The molecular weight excluding hydrogens is 419 g/mol. The summed E-state index contributed by atoms with van der Waals surface area (Å²) in [6.45, 7) is 1.20. The van der Waals surface area contributed by atoms with E-state index in [0.29, 0.717) is 36.7 Å². The zero-order valence-electron chi connectivity index (χ0n) is 15.6. The second kappa shape index (κ2) is 7.93. The summed E-state index contributed by atoms with van der Waals surface area (Å²) in [6.07, 6.45) is 0.337. The number of halogens is 2. The monoisotopic (exact) mass is 438 g/mol. The van der Waals surface area contributed by atoms with Gasteiger partial charge in [-0.15, -0.1) is 0 Å². The fourth-order valence-electron chi connectivity index (χ4n) is 3.67. The van der Waals surface area contributed by atoms with Gasteiger partial charge in [-0.05, 0) is 54.4 Å². The minimum Gasteiger partial charge on any atom is -0.480 e. The topological polar surface area (TPSA) is 66.9 Å². The van der Waals surface area contributed by atoms with Crippen LogP contribution in [0.3, 0.4) is 0 Å². The number of carbonyl (C=O) groups excluding carboxylic acids is 1. The summed E-state index contributed by atoms with van der Waals surface area (Å²) in [5.41, 5.74) is 0.895. The Labute approximate surface area is 173 Å². The van der Waals surface area contributed by atoms with Crippen molar-refractivity contribution in [1.29, 1.82) is 0 Å². The lowest BCUT2D eigenvalue weighted by atomic mass is 10.1. The number of rotatable bonds is 3. The van der Waals surface area contributed by atoms with Gasteiger partial charge in [0.2, 0.25) is 10.0 Å². The normalized spacial score (nSPS) is 20.1. The van der Waals surface area contributed by atoms with Crippen molar-refractivity contribution in [3.63, 3.8) is 0 Å². The van der Waals surface area contributed by atoms with Crippen LogP contribution in [0.4, 0.5) is 4.39 Å². The van der Waals surface area contributed by atoms with Crippen LogP contribution in [0.1, 0.15) is 12.0 Å². The number of ether oxygens (including phenoxy) is 1. The number of fused-ring (bicyclic) bond motifs is 1. The highest BCUT2D eigenvalue weighted by atomic mass is 35.5. The van der Waals surface area contributed by atoms with Gasteiger partial charge in [0.25, 0.3) is 5.91 Å². The maximum absolute atomic E-state index is 13.1. The molecule has 6 nitrogen and oxygen atoms in total. The Bertz CT molecular complexity index is 1030. The molecule has 0 spiro atoms. The quantitative estimate of drug-likeness (QED) is 0.739. The van der Waals surface area contributed by atoms with E-state index >= 15 is 0 Å². The molecule has 0 aromatic heterocycles. The van der Waals surface area contributed by atoms with Crippen molar-refractivity contribution in [1.82, 2.24) is 9.21 Å². The molecule has 2 aromatic rings. The van der Waals surface area contributed by atoms with E-state index < -0.39 is 21.9 Å². The van der Waals surface area contributed by atoms with Gasteiger partial charge in [-0.2, -0.15) is 4.31 Å². The van der Waals surface area contributed by atoms with Gasteiger partial charge in [-0.1, -0.05) is 11.6 Å². The molecule has 2 aliphatic heterocycles. The molecule has 1 amide bonds. The summed E-state index contributed by atoms with van der Waals surface area (Å²) in [6, 6.07) is 10.0. The van der Waals surface area contributed by atoms with Crippen molar-refractivity contribution >= 4 is 27.5 Å². The molecule has 2 aliphatic rings. The fraction of sp³-hybridized carbons (Fsp3) is 0.350. The number of carbonyl (C=O) groups is 1. The lowest BCUT2D eigenvalue weighted by Gasteiger charge is -2.24. The summed E-state index contributed by atoms with van der Waals surface area (Å²) in [4.78, 5) is 14.6. The molecule has 2 heterocycles. The molecule has 0 bridgehead atoms.